The average molecular weight is 440 g/mol. The van der Waals surface area contributed by atoms with E-state index in [4.69, 9.17) is 0 Å². The minimum Gasteiger partial charge on any atom is -0.342 e. The second-order valence-electron chi connectivity index (χ2n) is 8.57. The number of benzene rings is 1. The van der Waals surface area contributed by atoms with Gasteiger partial charge in [0, 0.05) is 25.6 Å². The van der Waals surface area contributed by atoms with E-state index >= 15 is 0 Å². The molecule has 0 radical (unpaired) electrons. The number of nitro benzene ring substituents is 1. The summed E-state index contributed by atoms with van der Waals surface area (Å²) in [4.78, 5) is 58.1. The van der Waals surface area contributed by atoms with E-state index in [0.717, 1.165) is 19.5 Å². The van der Waals surface area contributed by atoms with Crippen molar-refractivity contribution in [1.29, 1.82) is 0 Å². The molecule has 0 aliphatic carbocycles. The molecular formula is C21H24N6O5. The van der Waals surface area contributed by atoms with Crippen LogP contribution in [0.2, 0.25) is 0 Å². The van der Waals surface area contributed by atoms with Gasteiger partial charge in [0.05, 0.1) is 16.4 Å². The lowest BCUT2D eigenvalue weighted by Crippen LogP contribution is -2.42. The van der Waals surface area contributed by atoms with Gasteiger partial charge in [0.15, 0.2) is 0 Å². The van der Waals surface area contributed by atoms with Crippen LogP contribution in [0.3, 0.4) is 0 Å². The van der Waals surface area contributed by atoms with Crippen molar-refractivity contribution in [1.82, 2.24) is 9.97 Å². The maximum atomic E-state index is 13.0. The Labute approximate surface area is 183 Å². The summed E-state index contributed by atoms with van der Waals surface area (Å²) in [5, 5.41) is 16.3. The van der Waals surface area contributed by atoms with E-state index in [0.29, 0.717) is 17.8 Å². The van der Waals surface area contributed by atoms with Crippen molar-refractivity contribution in [3.05, 3.63) is 50.3 Å². The number of carbonyl (C=O) groups excluding carboxylic acids is 2. The number of carbonyl (C=O) groups is 2. The molecule has 1 fully saturated rings. The number of aromatic nitrogens is 2. The SMILES string of the molecule is C[C@@H]1C[C@@H](C)CN(c2nc3c(c(=O)[nH]2)[C@H](C(=O)Nc2ccccc2[N+](=O)[O-])CC(=O)N3)C1. The summed E-state index contributed by atoms with van der Waals surface area (Å²) < 4.78 is 0. The predicted octanol–water partition coefficient (Wildman–Crippen LogP) is 2.22. The Morgan fingerprint density at radius 1 is 1.22 bits per heavy atom. The normalized spacial score (nSPS) is 22.6. The third-order valence-corrected chi connectivity index (χ3v) is 5.78. The second kappa shape index (κ2) is 8.40. The van der Waals surface area contributed by atoms with Crippen LogP contribution < -0.4 is 21.1 Å². The molecule has 3 heterocycles. The number of anilines is 3. The van der Waals surface area contributed by atoms with Gasteiger partial charge in [0.25, 0.3) is 11.2 Å². The van der Waals surface area contributed by atoms with Crippen LogP contribution in [0.4, 0.5) is 23.1 Å². The van der Waals surface area contributed by atoms with Crippen molar-refractivity contribution in [3.63, 3.8) is 0 Å². The first-order valence-corrected chi connectivity index (χ1v) is 10.5. The molecule has 32 heavy (non-hydrogen) atoms. The van der Waals surface area contributed by atoms with Crippen LogP contribution in [0, 0.1) is 22.0 Å². The highest BCUT2D eigenvalue weighted by atomic mass is 16.6. The van der Waals surface area contributed by atoms with Gasteiger partial charge in [-0.05, 0) is 24.3 Å². The Hall–Kier alpha value is -3.76. The molecule has 1 aromatic heterocycles. The first kappa shape index (κ1) is 21.5. The minimum atomic E-state index is -1.12. The first-order chi connectivity index (χ1) is 15.2. The molecule has 2 aromatic rings. The third-order valence-electron chi connectivity index (χ3n) is 5.78. The Kier molecular flexibility index (Phi) is 5.64. The molecule has 2 aliphatic heterocycles. The molecule has 1 aromatic carbocycles. The number of H-pyrrole nitrogens is 1. The quantitative estimate of drug-likeness (QED) is 0.487. The summed E-state index contributed by atoms with van der Waals surface area (Å²) in [5.41, 5.74) is -0.759. The highest BCUT2D eigenvalue weighted by molar-refractivity contribution is 6.05. The van der Waals surface area contributed by atoms with E-state index < -0.39 is 28.2 Å². The maximum Gasteiger partial charge on any atom is 0.292 e. The molecule has 0 bridgehead atoms. The van der Waals surface area contributed by atoms with Crippen LogP contribution in [0.25, 0.3) is 0 Å². The highest BCUT2D eigenvalue weighted by Crippen LogP contribution is 2.32. The number of piperidine rings is 1. The summed E-state index contributed by atoms with van der Waals surface area (Å²) in [5.74, 6) is -1.01. The molecule has 168 valence electrons. The number of aromatic amines is 1. The van der Waals surface area contributed by atoms with Gasteiger partial charge >= 0.3 is 0 Å². The molecule has 2 aliphatic rings. The van der Waals surface area contributed by atoms with E-state index in [1.807, 2.05) is 4.90 Å². The third kappa shape index (κ3) is 4.18. The first-order valence-electron chi connectivity index (χ1n) is 10.5. The largest absolute Gasteiger partial charge is 0.342 e. The fourth-order valence-corrected chi connectivity index (χ4v) is 4.53. The molecule has 2 amide bonds. The predicted molar refractivity (Wildman–Crippen MR) is 118 cm³/mol. The molecule has 0 unspecified atom stereocenters. The van der Waals surface area contributed by atoms with E-state index in [1.165, 1.54) is 18.2 Å². The zero-order valence-corrected chi connectivity index (χ0v) is 17.8. The van der Waals surface area contributed by atoms with Gasteiger partial charge in [-0.3, -0.25) is 29.5 Å². The van der Waals surface area contributed by atoms with E-state index in [-0.39, 0.29) is 29.2 Å². The van der Waals surface area contributed by atoms with Gasteiger partial charge in [0.2, 0.25) is 17.8 Å². The Morgan fingerprint density at radius 3 is 2.59 bits per heavy atom. The van der Waals surface area contributed by atoms with Crippen molar-refractivity contribution in [2.75, 3.05) is 28.6 Å². The minimum absolute atomic E-state index is 0.00710. The molecule has 3 N–H and O–H groups in total. The molecular weight excluding hydrogens is 416 g/mol. The van der Waals surface area contributed by atoms with Crippen molar-refractivity contribution in [2.24, 2.45) is 11.8 Å². The van der Waals surface area contributed by atoms with E-state index in [9.17, 15) is 24.5 Å². The Bertz CT molecular complexity index is 1140. The van der Waals surface area contributed by atoms with Gasteiger partial charge in [-0.15, -0.1) is 0 Å². The Balaban J connectivity index is 1.66. The lowest BCUT2D eigenvalue weighted by Gasteiger charge is -2.35. The number of nitrogens with zero attached hydrogens (tertiary/aromatic N) is 3. The highest BCUT2D eigenvalue weighted by Gasteiger charge is 2.36. The van der Waals surface area contributed by atoms with Crippen molar-refractivity contribution < 1.29 is 14.5 Å². The van der Waals surface area contributed by atoms with Gasteiger partial charge in [-0.25, -0.2) is 0 Å². The molecule has 11 heteroatoms. The molecule has 11 nitrogen and oxygen atoms in total. The zero-order valence-electron chi connectivity index (χ0n) is 17.8. The second-order valence-corrected chi connectivity index (χ2v) is 8.57. The number of fused-ring (bicyclic) bond motifs is 1. The number of hydrogen-bond donors (Lipinski definition) is 3. The molecule has 0 spiro atoms. The number of nitrogens with one attached hydrogen (secondary N) is 3. The van der Waals surface area contributed by atoms with Gasteiger partial charge < -0.3 is 15.5 Å². The summed E-state index contributed by atoms with van der Waals surface area (Å²) in [6, 6.07) is 5.68. The topological polar surface area (TPSA) is 150 Å². The van der Waals surface area contributed by atoms with Gasteiger partial charge in [-0.1, -0.05) is 26.0 Å². The zero-order chi connectivity index (χ0) is 23.0. The number of hydrogen-bond acceptors (Lipinski definition) is 7. The smallest absolute Gasteiger partial charge is 0.292 e. The van der Waals surface area contributed by atoms with Crippen LogP contribution >= 0.6 is 0 Å². The molecule has 4 rings (SSSR count). The van der Waals surface area contributed by atoms with Gasteiger partial charge in [-0.2, -0.15) is 4.98 Å². The Morgan fingerprint density at radius 2 is 1.91 bits per heavy atom. The number of para-hydroxylation sites is 2. The van der Waals surface area contributed by atoms with Crippen LogP contribution in [0.15, 0.2) is 29.1 Å². The summed E-state index contributed by atoms with van der Waals surface area (Å²) >= 11 is 0. The van der Waals surface area contributed by atoms with E-state index in [1.54, 1.807) is 6.07 Å². The fourth-order valence-electron chi connectivity index (χ4n) is 4.53. The molecule has 1 saturated heterocycles. The average Bonchev–Trinajstić information content (AvgIpc) is 2.72. The number of amides is 2. The van der Waals surface area contributed by atoms with Crippen LogP contribution in [-0.4, -0.2) is 39.8 Å². The summed E-state index contributed by atoms with van der Waals surface area (Å²) in [6.07, 6.45) is 0.817. The molecule has 0 saturated carbocycles. The number of rotatable bonds is 4. The fraction of sp³-hybridized carbons (Fsp3) is 0.429. The summed E-state index contributed by atoms with van der Waals surface area (Å²) in [7, 11) is 0. The molecule has 3 atom stereocenters. The van der Waals surface area contributed by atoms with Crippen LogP contribution in [0.1, 0.15) is 38.2 Å². The van der Waals surface area contributed by atoms with Gasteiger partial charge in [0.1, 0.15) is 11.5 Å². The summed E-state index contributed by atoms with van der Waals surface area (Å²) in [6.45, 7) is 5.71. The standard InChI is InChI=1S/C21H24N6O5/c1-11-7-12(2)10-26(9-11)21-24-18-17(20(30)25-21)13(8-16(28)23-18)19(29)22-14-5-3-4-6-15(14)27(31)32/h3-6,11-13H,7-10H2,1-2H3,(H,22,29)(H2,23,24,25,28,30)/t11-,12-,13-/m1/s1. The van der Waals surface area contributed by atoms with Crippen LogP contribution in [-0.2, 0) is 9.59 Å². The number of nitro groups is 1. The lowest BCUT2D eigenvalue weighted by molar-refractivity contribution is -0.383. The maximum absolute atomic E-state index is 13.0. The van der Waals surface area contributed by atoms with Crippen LogP contribution in [0.5, 0.6) is 0 Å². The lowest BCUT2D eigenvalue weighted by atomic mass is 9.91. The van der Waals surface area contributed by atoms with Crippen molar-refractivity contribution in [2.45, 2.75) is 32.6 Å². The van der Waals surface area contributed by atoms with E-state index in [2.05, 4.69) is 34.4 Å². The monoisotopic (exact) mass is 440 g/mol. The van der Waals surface area contributed by atoms with Crippen molar-refractivity contribution in [3.8, 4) is 0 Å². The van der Waals surface area contributed by atoms with Crippen molar-refractivity contribution >= 4 is 35.0 Å².